The largest absolute Gasteiger partial charge is 0.490 e. The number of nitrogens with zero attached hydrogens (tertiary/aromatic N) is 1. The Bertz CT molecular complexity index is 881. The second-order valence-electron chi connectivity index (χ2n) is 7.01. The maximum atomic E-state index is 12.7. The van der Waals surface area contributed by atoms with Crippen LogP contribution in [0.15, 0.2) is 42.5 Å². The fraction of sp³-hybridized carbons (Fsp3) is 0.391. The number of nitrogens with one attached hydrogen (secondary N) is 1. The zero-order valence-corrected chi connectivity index (χ0v) is 17.2. The molecule has 0 spiro atoms. The number of benzene rings is 2. The molecular weight excluding hydrogens is 368 g/mol. The summed E-state index contributed by atoms with van der Waals surface area (Å²) in [4.78, 5) is 26.7. The van der Waals surface area contributed by atoms with E-state index in [0.717, 1.165) is 23.2 Å². The second kappa shape index (κ2) is 9.45. The topological polar surface area (TPSA) is 67.9 Å². The zero-order valence-electron chi connectivity index (χ0n) is 17.2. The van der Waals surface area contributed by atoms with Gasteiger partial charge in [0.15, 0.2) is 11.5 Å². The van der Waals surface area contributed by atoms with Crippen LogP contribution >= 0.6 is 0 Å². The summed E-state index contributed by atoms with van der Waals surface area (Å²) < 4.78 is 11.2. The van der Waals surface area contributed by atoms with Crippen molar-refractivity contribution in [1.82, 2.24) is 5.32 Å². The van der Waals surface area contributed by atoms with Crippen molar-refractivity contribution in [3.63, 3.8) is 0 Å². The number of para-hydroxylation sites is 1. The number of hydrogen-bond donors (Lipinski definition) is 1. The minimum absolute atomic E-state index is 0.0227. The lowest BCUT2D eigenvalue weighted by Gasteiger charge is -2.22. The number of carbonyl (C=O) groups excluding carboxylic acids is 2. The van der Waals surface area contributed by atoms with E-state index in [0.29, 0.717) is 37.7 Å². The van der Waals surface area contributed by atoms with E-state index >= 15 is 0 Å². The average molecular weight is 396 g/mol. The molecule has 2 aromatic carbocycles. The van der Waals surface area contributed by atoms with Gasteiger partial charge in [0.2, 0.25) is 0 Å². The molecule has 2 amide bonds. The Morgan fingerprint density at radius 2 is 1.79 bits per heavy atom. The lowest BCUT2D eigenvalue weighted by atomic mass is 10.1. The van der Waals surface area contributed by atoms with Crippen LogP contribution in [-0.4, -0.2) is 37.6 Å². The van der Waals surface area contributed by atoms with Gasteiger partial charge in [0, 0.05) is 18.3 Å². The van der Waals surface area contributed by atoms with E-state index in [2.05, 4.69) is 5.32 Å². The molecule has 6 nitrogen and oxygen atoms in total. The van der Waals surface area contributed by atoms with E-state index in [9.17, 15) is 9.59 Å². The summed E-state index contributed by atoms with van der Waals surface area (Å²) >= 11 is 0. The van der Waals surface area contributed by atoms with Crippen molar-refractivity contribution in [2.24, 2.45) is 0 Å². The molecule has 3 rings (SSSR count). The average Bonchev–Trinajstić information content (AvgIpc) is 3.05. The summed E-state index contributed by atoms with van der Waals surface area (Å²) in [6, 6.07) is 13.4. The lowest BCUT2D eigenvalue weighted by molar-refractivity contribution is -0.137. The highest BCUT2D eigenvalue weighted by atomic mass is 16.5. The van der Waals surface area contributed by atoms with Crippen LogP contribution in [-0.2, 0) is 22.4 Å². The molecule has 1 heterocycles. The predicted octanol–water partition coefficient (Wildman–Crippen LogP) is 3.12. The molecule has 0 aromatic heterocycles. The van der Waals surface area contributed by atoms with Gasteiger partial charge in [-0.3, -0.25) is 9.59 Å². The van der Waals surface area contributed by atoms with Gasteiger partial charge < -0.3 is 19.7 Å². The van der Waals surface area contributed by atoms with E-state index in [1.54, 1.807) is 4.90 Å². The molecule has 1 aliphatic rings. The van der Waals surface area contributed by atoms with Crippen LogP contribution in [0.3, 0.4) is 0 Å². The lowest BCUT2D eigenvalue weighted by Crippen LogP contribution is -2.46. The number of ether oxygens (including phenoxy) is 2. The summed E-state index contributed by atoms with van der Waals surface area (Å²) in [7, 11) is 0. The van der Waals surface area contributed by atoms with Gasteiger partial charge >= 0.3 is 11.8 Å². The van der Waals surface area contributed by atoms with Crippen LogP contribution in [0.4, 0.5) is 5.69 Å². The Hall–Kier alpha value is -3.02. The fourth-order valence-electron chi connectivity index (χ4n) is 3.63. The van der Waals surface area contributed by atoms with Gasteiger partial charge in [0.25, 0.3) is 0 Å². The molecule has 1 atom stereocenters. The molecule has 0 fully saturated rings. The van der Waals surface area contributed by atoms with Crippen molar-refractivity contribution in [3.8, 4) is 11.5 Å². The fourth-order valence-corrected chi connectivity index (χ4v) is 3.63. The maximum absolute atomic E-state index is 12.7. The molecule has 0 aliphatic carbocycles. The molecule has 1 unspecified atom stereocenters. The highest BCUT2D eigenvalue weighted by Gasteiger charge is 2.33. The minimum Gasteiger partial charge on any atom is -0.490 e. The van der Waals surface area contributed by atoms with Crippen molar-refractivity contribution < 1.29 is 19.1 Å². The Morgan fingerprint density at radius 1 is 1.07 bits per heavy atom. The molecule has 0 saturated carbocycles. The molecule has 0 radical (unpaired) electrons. The van der Waals surface area contributed by atoms with E-state index in [1.165, 1.54) is 0 Å². The summed E-state index contributed by atoms with van der Waals surface area (Å²) in [5.41, 5.74) is 2.93. The number of anilines is 1. The normalized spacial score (nSPS) is 15.0. The number of fused-ring (bicyclic) bond motifs is 1. The molecule has 2 aromatic rings. The van der Waals surface area contributed by atoms with Gasteiger partial charge in [0.05, 0.1) is 13.2 Å². The molecule has 1 aliphatic heterocycles. The van der Waals surface area contributed by atoms with Crippen LogP contribution in [0, 0.1) is 0 Å². The van der Waals surface area contributed by atoms with Crippen LogP contribution < -0.4 is 19.7 Å². The summed E-state index contributed by atoms with van der Waals surface area (Å²) in [5.74, 6) is 0.310. The first-order valence-electron chi connectivity index (χ1n) is 10.1. The smallest absolute Gasteiger partial charge is 0.316 e. The van der Waals surface area contributed by atoms with E-state index in [-0.39, 0.29) is 6.04 Å². The monoisotopic (exact) mass is 396 g/mol. The Morgan fingerprint density at radius 3 is 2.55 bits per heavy atom. The van der Waals surface area contributed by atoms with Crippen molar-refractivity contribution in [1.29, 1.82) is 0 Å². The number of rotatable bonds is 7. The van der Waals surface area contributed by atoms with Gasteiger partial charge in [-0.1, -0.05) is 24.3 Å². The molecule has 1 N–H and O–H groups in total. The SMILES string of the molecule is CCOc1ccc(CCNC(=O)C(=O)N2c3ccccc3CC2C)cc1OCC. The van der Waals surface area contributed by atoms with E-state index in [1.807, 2.05) is 63.2 Å². The van der Waals surface area contributed by atoms with Crippen LogP contribution in [0.2, 0.25) is 0 Å². The zero-order chi connectivity index (χ0) is 20.8. The third-order valence-corrected chi connectivity index (χ3v) is 4.93. The Kier molecular flexibility index (Phi) is 6.75. The summed E-state index contributed by atoms with van der Waals surface area (Å²) in [6.07, 6.45) is 1.36. The van der Waals surface area contributed by atoms with Crippen molar-refractivity contribution in [3.05, 3.63) is 53.6 Å². The first kappa shape index (κ1) is 20.7. The number of carbonyl (C=O) groups is 2. The van der Waals surface area contributed by atoms with Crippen LogP contribution in [0.5, 0.6) is 11.5 Å². The molecule has 0 bridgehead atoms. The first-order chi connectivity index (χ1) is 14.0. The summed E-state index contributed by atoms with van der Waals surface area (Å²) in [5, 5.41) is 2.75. The molecule has 0 saturated heterocycles. The van der Waals surface area contributed by atoms with Crippen molar-refractivity contribution in [2.45, 2.75) is 39.7 Å². The molecule has 29 heavy (non-hydrogen) atoms. The van der Waals surface area contributed by atoms with Gasteiger partial charge in [-0.15, -0.1) is 0 Å². The first-order valence-corrected chi connectivity index (χ1v) is 10.1. The third-order valence-electron chi connectivity index (χ3n) is 4.93. The van der Waals surface area contributed by atoms with Gasteiger partial charge in [-0.2, -0.15) is 0 Å². The molecule has 154 valence electrons. The van der Waals surface area contributed by atoms with Crippen molar-refractivity contribution >= 4 is 17.5 Å². The predicted molar refractivity (Wildman–Crippen MR) is 113 cm³/mol. The van der Waals surface area contributed by atoms with Crippen LogP contribution in [0.25, 0.3) is 0 Å². The van der Waals surface area contributed by atoms with Gasteiger partial charge in [-0.05, 0) is 62.9 Å². The van der Waals surface area contributed by atoms with Crippen molar-refractivity contribution in [2.75, 3.05) is 24.7 Å². The summed E-state index contributed by atoms with van der Waals surface area (Å²) in [6.45, 7) is 7.29. The second-order valence-corrected chi connectivity index (χ2v) is 7.01. The standard InChI is InChI=1S/C23H28N2O4/c1-4-28-20-11-10-17(15-21(20)29-5-2)12-13-24-22(26)23(27)25-16(3)14-18-8-6-7-9-19(18)25/h6-11,15-16H,4-5,12-14H2,1-3H3,(H,24,26). The highest BCUT2D eigenvalue weighted by Crippen LogP contribution is 2.32. The Labute approximate surface area is 171 Å². The van der Waals surface area contributed by atoms with E-state index in [4.69, 9.17) is 9.47 Å². The highest BCUT2D eigenvalue weighted by molar-refractivity contribution is 6.40. The molecule has 6 heteroatoms. The quantitative estimate of drug-likeness (QED) is 0.730. The van der Waals surface area contributed by atoms with Gasteiger partial charge in [0.1, 0.15) is 0 Å². The maximum Gasteiger partial charge on any atom is 0.316 e. The number of hydrogen-bond acceptors (Lipinski definition) is 4. The van der Waals surface area contributed by atoms with Gasteiger partial charge in [-0.25, -0.2) is 0 Å². The minimum atomic E-state index is -0.579. The number of amides is 2. The van der Waals surface area contributed by atoms with E-state index < -0.39 is 11.8 Å². The Balaban J connectivity index is 1.59. The third kappa shape index (κ3) is 4.70. The van der Waals surface area contributed by atoms with Crippen LogP contribution in [0.1, 0.15) is 31.9 Å². The molecular formula is C23H28N2O4.